The van der Waals surface area contributed by atoms with Gasteiger partial charge < -0.3 is 19.8 Å². The molecule has 2 aromatic heterocycles. The molecule has 2 heterocycles. The molecule has 1 fully saturated rings. The first-order chi connectivity index (χ1) is 18.9. The molecule has 1 saturated carbocycles. The maximum absolute atomic E-state index is 12.6. The first kappa shape index (κ1) is 27.6. The Labute approximate surface area is 234 Å². The minimum absolute atomic E-state index is 0.186. The average Bonchev–Trinajstić information content (AvgIpc) is 3.25. The molecule has 1 aliphatic carbocycles. The first-order valence-electron chi connectivity index (χ1n) is 13.4. The fourth-order valence-electron chi connectivity index (χ4n) is 4.98. The van der Waals surface area contributed by atoms with Gasteiger partial charge in [-0.3, -0.25) is 0 Å². The third kappa shape index (κ3) is 5.40. The van der Waals surface area contributed by atoms with Crippen LogP contribution in [0.1, 0.15) is 52.5 Å². The second kappa shape index (κ2) is 10.2. The van der Waals surface area contributed by atoms with E-state index in [1.807, 2.05) is 82.3 Å². The van der Waals surface area contributed by atoms with Crippen LogP contribution in [0.15, 0.2) is 64.2 Å². The van der Waals surface area contributed by atoms with Crippen molar-refractivity contribution < 1.29 is 22.4 Å². The van der Waals surface area contributed by atoms with E-state index in [-0.39, 0.29) is 10.9 Å². The molecule has 5 rings (SSSR count). The van der Waals surface area contributed by atoms with Crippen molar-refractivity contribution in [1.29, 1.82) is 0 Å². The van der Waals surface area contributed by atoms with Gasteiger partial charge in [-0.25, -0.2) is 18.2 Å². The van der Waals surface area contributed by atoms with Gasteiger partial charge in [0.2, 0.25) is 15.6 Å². The highest BCUT2D eigenvalue weighted by Crippen LogP contribution is 2.45. The Morgan fingerprint density at radius 2 is 1.70 bits per heavy atom. The van der Waals surface area contributed by atoms with Crippen LogP contribution in [0.2, 0.25) is 0 Å². The zero-order chi connectivity index (χ0) is 28.7. The van der Waals surface area contributed by atoms with E-state index in [1.165, 1.54) is 0 Å². The molecule has 0 unspecified atom stereocenters. The number of fused-ring (bicyclic) bond motifs is 1. The summed E-state index contributed by atoms with van der Waals surface area (Å²) in [5, 5.41) is 6.60. The highest BCUT2D eigenvalue weighted by molar-refractivity contribution is 7.90. The van der Waals surface area contributed by atoms with E-state index in [1.54, 1.807) is 0 Å². The quantitative estimate of drug-likeness (QED) is 0.252. The summed E-state index contributed by atoms with van der Waals surface area (Å²) >= 11 is 0. The predicted octanol–water partition coefficient (Wildman–Crippen LogP) is 6.30. The van der Waals surface area contributed by atoms with Crippen LogP contribution in [0.4, 0.5) is 10.6 Å². The van der Waals surface area contributed by atoms with Crippen LogP contribution in [0.25, 0.3) is 33.6 Å². The Bertz CT molecular complexity index is 1650. The molecule has 0 radical (unpaired) electrons. The molecule has 210 valence electrons. The summed E-state index contributed by atoms with van der Waals surface area (Å²) < 4.78 is 36.5. The number of anilines is 1. The van der Waals surface area contributed by atoms with Gasteiger partial charge in [-0.1, -0.05) is 54.6 Å². The van der Waals surface area contributed by atoms with E-state index < -0.39 is 27.1 Å². The number of sulfone groups is 1. The number of hydrogen-bond donors (Lipinski definition) is 2. The molecule has 10 heteroatoms. The van der Waals surface area contributed by atoms with Gasteiger partial charge in [0.05, 0.1) is 10.9 Å². The monoisotopic (exact) mass is 562 g/mol. The molecule has 0 saturated heterocycles. The lowest BCUT2D eigenvalue weighted by atomic mass is 9.71. The predicted molar refractivity (Wildman–Crippen MR) is 155 cm³/mol. The van der Waals surface area contributed by atoms with Crippen molar-refractivity contribution in [1.82, 2.24) is 15.3 Å². The highest BCUT2D eigenvalue weighted by atomic mass is 32.2. The third-order valence-corrected chi connectivity index (χ3v) is 7.76. The number of carbonyl (C=O) groups excluding carboxylic acids is 1. The van der Waals surface area contributed by atoms with Gasteiger partial charge in [0, 0.05) is 23.9 Å². The van der Waals surface area contributed by atoms with Gasteiger partial charge in [0.1, 0.15) is 17.2 Å². The molecule has 0 bridgehead atoms. The molecule has 2 N–H and O–H groups in total. The average molecular weight is 563 g/mol. The Balaban J connectivity index is 1.62. The molecule has 9 nitrogen and oxygen atoms in total. The largest absolute Gasteiger partial charge is 0.444 e. The van der Waals surface area contributed by atoms with E-state index >= 15 is 0 Å². The number of ether oxygens (including phenoxy) is 1. The SMILES string of the molecule is CCNc1nc(S(C)(=O)=O)nc2oc(-c3ccc(C4(NC(=O)OC(C)(C)C)CCC4)cc3)c(-c3ccccc3)c12. The summed E-state index contributed by atoms with van der Waals surface area (Å²) in [6.07, 6.45) is 3.29. The number of alkyl carbamates (subject to hydrolysis) is 1. The van der Waals surface area contributed by atoms with Crippen molar-refractivity contribution in [3.05, 3.63) is 60.2 Å². The van der Waals surface area contributed by atoms with Crippen molar-refractivity contribution >= 4 is 32.8 Å². The molecule has 0 aliphatic heterocycles. The summed E-state index contributed by atoms with van der Waals surface area (Å²) in [4.78, 5) is 21.2. The van der Waals surface area contributed by atoms with Gasteiger partial charge in [-0.05, 0) is 58.1 Å². The molecule has 1 amide bonds. The highest BCUT2D eigenvalue weighted by Gasteiger charge is 2.41. The fraction of sp³-hybridized carbons (Fsp3) is 0.367. The van der Waals surface area contributed by atoms with Crippen molar-refractivity contribution in [3.63, 3.8) is 0 Å². The van der Waals surface area contributed by atoms with Gasteiger partial charge in [-0.2, -0.15) is 4.98 Å². The summed E-state index contributed by atoms with van der Waals surface area (Å²) in [7, 11) is -3.67. The van der Waals surface area contributed by atoms with Crippen molar-refractivity contribution in [2.24, 2.45) is 0 Å². The minimum atomic E-state index is -3.67. The molecule has 4 aromatic rings. The van der Waals surface area contributed by atoms with Crippen LogP contribution in [0.3, 0.4) is 0 Å². The molecule has 0 spiro atoms. The van der Waals surface area contributed by atoms with Crippen LogP contribution in [-0.2, 0) is 20.1 Å². The standard InChI is InChI=1S/C30H34N4O5S/c1-6-31-25-23-22(19-11-8-7-9-12-19)24(38-26(23)33-27(32-25)40(5,36)37)20-13-15-21(16-14-20)30(17-10-18-30)34-28(35)39-29(2,3)4/h7-9,11-16H,6,10,17-18H2,1-5H3,(H,34,35)(H,31,32,33). The van der Waals surface area contributed by atoms with Crippen molar-refractivity contribution in [2.45, 2.75) is 63.3 Å². The van der Waals surface area contributed by atoms with Crippen LogP contribution in [0, 0.1) is 0 Å². The topological polar surface area (TPSA) is 123 Å². The van der Waals surface area contributed by atoms with Crippen LogP contribution in [-0.4, -0.2) is 42.9 Å². The fourth-order valence-corrected chi connectivity index (χ4v) is 5.49. The summed E-state index contributed by atoms with van der Waals surface area (Å²) in [6, 6.07) is 17.6. The van der Waals surface area contributed by atoms with Crippen molar-refractivity contribution in [2.75, 3.05) is 18.1 Å². The lowest BCUT2D eigenvalue weighted by Gasteiger charge is -2.43. The third-order valence-electron chi connectivity index (χ3n) is 6.92. The lowest BCUT2D eigenvalue weighted by molar-refractivity contribution is 0.0377. The number of amides is 1. The number of benzene rings is 2. The molecule has 1 aliphatic rings. The van der Waals surface area contributed by atoms with E-state index in [0.717, 1.165) is 47.8 Å². The number of furan rings is 1. The van der Waals surface area contributed by atoms with Crippen molar-refractivity contribution in [3.8, 4) is 22.5 Å². The Kier molecular flexibility index (Phi) is 7.08. The Hall–Kier alpha value is -3.92. The van der Waals surface area contributed by atoms with E-state index in [4.69, 9.17) is 9.15 Å². The van der Waals surface area contributed by atoms with Gasteiger partial charge in [0.25, 0.3) is 5.16 Å². The first-order valence-corrected chi connectivity index (χ1v) is 15.3. The lowest BCUT2D eigenvalue weighted by Crippen LogP contribution is -2.52. The minimum Gasteiger partial charge on any atom is -0.444 e. The Morgan fingerprint density at radius 1 is 1.02 bits per heavy atom. The smallest absolute Gasteiger partial charge is 0.408 e. The Morgan fingerprint density at radius 3 is 2.25 bits per heavy atom. The molecule has 40 heavy (non-hydrogen) atoms. The van der Waals surface area contributed by atoms with Crippen LogP contribution < -0.4 is 10.6 Å². The second-order valence-electron chi connectivity index (χ2n) is 11.1. The van der Waals surface area contributed by atoms with Gasteiger partial charge >= 0.3 is 6.09 Å². The normalized spacial score (nSPS) is 14.9. The van der Waals surface area contributed by atoms with Crippen LogP contribution in [0.5, 0.6) is 0 Å². The molecule has 2 aromatic carbocycles. The maximum atomic E-state index is 12.6. The van der Waals surface area contributed by atoms with Gasteiger partial charge in [0.15, 0.2) is 0 Å². The maximum Gasteiger partial charge on any atom is 0.408 e. The summed E-state index contributed by atoms with van der Waals surface area (Å²) in [6.45, 7) is 7.98. The van der Waals surface area contributed by atoms with E-state index in [0.29, 0.717) is 23.5 Å². The van der Waals surface area contributed by atoms with Crippen LogP contribution >= 0.6 is 0 Å². The number of nitrogens with zero attached hydrogens (tertiary/aromatic N) is 2. The second-order valence-corrected chi connectivity index (χ2v) is 13.1. The zero-order valence-corrected chi connectivity index (χ0v) is 24.2. The zero-order valence-electron chi connectivity index (χ0n) is 23.4. The number of rotatable bonds is 7. The number of aromatic nitrogens is 2. The van der Waals surface area contributed by atoms with E-state index in [2.05, 4.69) is 20.6 Å². The van der Waals surface area contributed by atoms with Gasteiger partial charge in [-0.15, -0.1) is 0 Å². The number of carbonyl (C=O) groups is 1. The van der Waals surface area contributed by atoms with E-state index in [9.17, 15) is 13.2 Å². The number of hydrogen-bond acceptors (Lipinski definition) is 8. The number of nitrogens with one attached hydrogen (secondary N) is 2. The summed E-state index contributed by atoms with van der Waals surface area (Å²) in [5.74, 6) is 0.947. The molecular weight excluding hydrogens is 528 g/mol. The summed E-state index contributed by atoms with van der Waals surface area (Å²) in [5.41, 5.74) is 2.55. The molecule has 0 atom stereocenters. The molecular formula is C30H34N4O5S.